The molecule has 1 saturated heterocycles. The molecule has 3 unspecified atom stereocenters. The Kier molecular flexibility index (Phi) is 8.13. The number of aliphatic hydroxyl groups excluding tert-OH is 3. The molecule has 0 amide bonds. The molecule has 1 aliphatic rings. The minimum Gasteiger partial charge on any atom is -0.508 e. The van der Waals surface area contributed by atoms with Crippen molar-refractivity contribution in [2.75, 3.05) is 6.61 Å². The highest BCUT2D eigenvalue weighted by molar-refractivity contribution is 5.88. The molecular weight excluding hydrogens is 552 g/mol. The van der Waals surface area contributed by atoms with Crippen LogP contribution in [0, 0.1) is 0 Å². The molecule has 0 aliphatic carbocycles. The number of phenols is 4. The minimum absolute atomic E-state index is 0.0178. The van der Waals surface area contributed by atoms with Crippen molar-refractivity contribution in [2.24, 2.45) is 0 Å². The summed E-state index contributed by atoms with van der Waals surface area (Å²) in [6.45, 7) is -0.503. The lowest BCUT2D eigenvalue weighted by atomic mass is 9.99. The van der Waals surface area contributed by atoms with Crippen molar-refractivity contribution in [1.29, 1.82) is 0 Å². The lowest BCUT2D eigenvalue weighted by molar-refractivity contribution is -0.278. The number of hydrogen-bond acceptors (Lipinski definition) is 11. The van der Waals surface area contributed by atoms with Gasteiger partial charge in [0.05, 0.1) is 11.6 Å². The van der Waals surface area contributed by atoms with Gasteiger partial charge >= 0.3 is 17.3 Å². The van der Waals surface area contributed by atoms with Crippen LogP contribution in [0.2, 0.25) is 0 Å². The number of ether oxygens (including phenoxy) is 3. The number of esters is 1. The fraction of sp³-hybridized carbons (Fsp3) is 0.200. The number of carbonyl (C=O) groups is 1. The molecule has 0 spiro atoms. The van der Waals surface area contributed by atoms with E-state index in [0.717, 1.165) is 12.1 Å². The first-order valence-electron chi connectivity index (χ1n) is 12.7. The quantitative estimate of drug-likeness (QED) is 0.0961. The van der Waals surface area contributed by atoms with Gasteiger partial charge in [-0.1, -0.05) is 12.1 Å². The van der Waals surface area contributed by atoms with E-state index in [9.17, 15) is 40.5 Å². The highest BCUT2D eigenvalue weighted by Crippen LogP contribution is 2.40. The Bertz CT molecular complexity index is 1600. The lowest BCUT2D eigenvalue weighted by Crippen LogP contribution is -2.60. The molecule has 42 heavy (non-hydrogen) atoms. The monoisotopic (exact) mass is 579 g/mol. The van der Waals surface area contributed by atoms with Gasteiger partial charge in [0.25, 0.3) is 0 Å². The second kappa shape index (κ2) is 11.9. The zero-order valence-corrected chi connectivity index (χ0v) is 21.8. The molecule has 0 saturated carbocycles. The van der Waals surface area contributed by atoms with Gasteiger partial charge < -0.3 is 50.0 Å². The largest absolute Gasteiger partial charge is 0.508 e. The molecule has 12 nitrogen and oxygen atoms in total. The van der Waals surface area contributed by atoms with Crippen LogP contribution in [0.25, 0.3) is 28.4 Å². The summed E-state index contributed by atoms with van der Waals surface area (Å²) in [6, 6.07) is 15.6. The first kappa shape index (κ1) is 28.6. The first-order chi connectivity index (χ1) is 20.1. The second-order valence-electron chi connectivity index (χ2n) is 9.55. The van der Waals surface area contributed by atoms with Crippen LogP contribution in [-0.4, -0.2) is 79.0 Å². The molecule has 5 atom stereocenters. The molecule has 0 bridgehead atoms. The summed E-state index contributed by atoms with van der Waals surface area (Å²) in [5, 5.41) is 71.1. The van der Waals surface area contributed by atoms with Crippen LogP contribution in [-0.2, 0) is 14.3 Å². The standard InChI is InChI=1S/C30H26O12/c31-17-6-1-15(2-7-17)3-10-25(35)39-14-24-26(36)27(37)28(38)30(42-24)41-23-13-20-21(34)11-19(33)12-22(20)40-29(23)16-4-8-18(32)9-5-16/h1-13,24,26-28,30,36-38H,14H2,(H3-,31,32,33,34,35)/p+1/t24?,26-,27?,28?,30-/m1/s1. The van der Waals surface area contributed by atoms with Crippen LogP contribution in [0.15, 0.2) is 77.2 Å². The number of aromatic hydroxyl groups is 4. The van der Waals surface area contributed by atoms with E-state index < -0.39 is 43.3 Å². The summed E-state index contributed by atoms with van der Waals surface area (Å²) < 4.78 is 22.7. The molecule has 5 rings (SSSR count). The number of phenolic OH excluding ortho intramolecular Hbond substituents is 4. The lowest BCUT2D eigenvalue weighted by Gasteiger charge is -2.39. The van der Waals surface area contributed by atoms with Crippen molar-refractivity contribution in [3.05, 3.63) is 78.4 Å². The molecule has 1 aliphatic heterocycles. The fourth-order valence-corrected chi connectivity index (χ4v) is 4.32. The molecule has 3 aromatic carbocycles. The van der Waals surface area contributed by atoms with Gasteiger partial charge in [0.15, 0.2) is 0 Å². The van der Waals surface area contributed by atoms with Gasteiger partial charge in [0.2, 0.25) is 12.0 Å². The average molecular weight is 580 g/mol. The van der Waals surface area contributed by atoms with Gasteiger partial charge in [0.1, 0.15) is 59.4 Å². The van der Waals surface area contributed by atoms with Gasteiger partial charge in [-0.2, -0.15) is 0 Å². The highest BCUT2D eigenvalue weighted by Gasteiger charge is 2.46. The molecule has 218 valence electrons. The Morgan fingerprint density at radius 3 is 2.19 bits per heavy atom. The first-order valence-corrected chi connectivity index (χ1v) is 12.7. The van der Waals surface area contributed by atoms with E-state index in [-0.39, 0.29) is 45.5 Å². The summed E-state index contributed by atoms with van der Waals surface area (Å²) in [5.41, 5.74) is 1.12. The van der Waals surface area contributed by atoms with E-state index >= 15 is 0 Å². The smallest absolute Gasteiger partial charge is 0.402 e. The number of rotatable bonds is 7. The van der Waals surface area contributed by atoms with E-state index in [1.807, 2.05) is 0 Å². The van der Waals surface area contributed by atoms with Gasteiger partial charge in [-0.15, -0.1) is 0 Å². The number of aliphatic hydroxyl groups is 3. The third kappa shape index (κ3) is 6.21. The highest BCUT2D eigenvalue weighted by atomic mass is 16.7. The fourth-order valence-electron chi connectivity index (χ4n) is 4.32. The average Bonchev–Trinajstić information content (AvgIpc) is 2.97. The number of benzene rings is 3. The maximum Gasteiger partial charge on any atom is 0.402 e. The van der Waals surface area contributed by atoms with Crippen molar-refractivity contribution in [1.82, 2.24) is 0 Å². The number of fused-ring (bicyclic) bond motifs is 1. The summed E-state index contributed by atoms with van der Waals surface area (Å²) in [4.78, 5) is 12.2. The second-order valence-corrected chi connectivity index (χ2v) is 9.55. The van der Waals surface area contributed by atoms with Gasteiger partial charge in [-0.3, -0.25) is 0 Å². The van der Waals surface area contributed by atoms with Crippen LogP contribution in [0.3, 0.4) is 0 Å². The van der Waals surface area contributed by atoms with Crippen LogP contribution in [0.4, 0.5) is 0 Å². The van der Waals surface area contributed by atoms with Crippen LogP contribution in [0.5, 0.6) is 28.7 Å². The minimum atomic E-state index is -1.75. The molecule has 0 radical (unpaired) electrons. The van der Waals surface area contributed by atoms with Crippen molar-refractivity contribution < 1.29 is 59.2 Å². The maximum absolute atomic E-state index is 12.2. The summed E-state index contributed by atoms with van der Waals surface area (Å²) in [6.07, 6.45) is -5.46. The van der Waals surface area contributed by atoms with Crippen molar-refractivity contribution >= 4 is 23.0 Å². The van der Waals surface area contributed by atoms with Crippen LogP contribution >= 0.6 is 0 Å². The van der Waals surface area contributed by atoms with E-state index in [2.05, 4.69) is 0 Å². The molecule has 4 aromatic rings. The Balaban J connectivity index is 1.38. The van der Waals surface area contributed by atoms with E-state index in [1.54, 1.807) is 12.1 Å². The SMILES string of the molecule is O=C(/C=C/c1ccc(O)cc1)OCC1O[C@@H](Oc2cc3c(O)cc(O)cc3[o+]c2-c2ccc(O)cc2)C(O)C(O)[C@@H]1O. The van der Waals surface area contributed by atoms with Gasteiger partial charge in [-0.05, 0) is 48.0 Å². The third-order valence-electron chi connectivity index (χ3n) is 6.55. The molecular formula is C30H27O12+. The molecule has 1 fully saturated rings. The summed E-state index contributed by atoms with van der Waals surface area (Å²) >= 11 is 0. The Morgan fingerprint density at radius 2 is 1.50 bits per heavy atom. The molecule has 12 heteroatoms. The molecule has 1 aromatic heterocycles. The molecule has 7 N–H and O–H groups in total. The Hall–Kier alpha value is -4.88. The third-order valence-corrected chi connectivity index (χ3v) is 6.55. The van der Waals surface area contributed by atoms with Gasteiger partial charge in [-0.25, -0.2) is 9.21 Å². The van der Waals surface area contributed by atoms with E-state index in [4.69, 9.17) is 18.6 Å². The predicted octanol–water partition coefficient (Wildman–Crippen LogP) is 2.65. The predicted molar refractivity (Wildman–Crippen MR) is 146 cm³/mol. The summed E-state index contributed by atoms with van der Waals surface area (Å²) in [7, 11) is 0. The normalized spacial score (nSPS) is 22.3. The van der Waals surface area contributed by atoms with Crippen molar-refractivity contribution in [3.8, 4) is 40.1 Å². The summed E-state index contributed by atoms with van der Waals surface area (Å²) in [5.74, 6) is -1.32. The number of carbonyl (C=O) groups excluding carboxylic acids is 1. The molecule has 2 heterocycles. The zero-order valence-electron chi connectivity index (χ0n) is 21.8. The maximum atomic E-state index is 12.2. The van der Waals surface area contributed by atoms with E-state index in [1.165, 1.54) is 54.6 Å². The van der Waals surface area contributed by atoms with Crippen molar-refractivity contribution in [3.63, 3.8) is 0 Å². The Morgan fingerprint density at radius 1 is 0.833 bits per heavy atom. The number of hydrogen-bond donors (Lipinski definition) is 7. The van der Waals surface area contributed by atoms with Crippen molar-refractivity contribution in [2.45, 2.75) is 30.7 Å². The van der Waals surface area contributed by atoms with E-state index in [0.29, 0.717) is 11.1 Å². The topological polar surface area (TPSA) is 198 Å². The van der Waals surface area contributed by atoms with Crippen LogP contribution < -0.4 is 4.74 Å². The van der Waals surface area contributed by atoms with Gasteiger partial charge in [0, 0.05) is 18.2 Å². The Labute approximate surface area is 238 Å². The zero-order chi connectivity index (χ0) is 30.0. The van der Waals surface area contributed by atoms with Crippen LogP contribution in [0.1, 0.15) is 5.56 Å².